The predicted molar refractivity (Wildman–Crippen MR) is 111 cm³/mol. The Balaban J connectivity index is 1.79. The molecule has 0 radical (unpaired) electrons. The van der Waals surface area contributed by atoms with Gasteiger partial charge in [-0.2, -0.15) is 0 Å². The Labute approximate surface area is 171 Å². The van der Waals surface area contributed by atoms with Gasteiger partial charge in [0.25, 0.3) is 5.91 Å². The van der Waals surface area contributed by atoms with E-state index in [1.54, 1.807) is 0 Å². The molecule has 0 atom stereocenters. The molecule has 1 heterocycles. The van der Waals surface area contributed by atoms with E-state index in [1.165, 1.54) is 23.5 Å². The van der Waals surface area contributed by atoms with Gasteiger partial charge in [-0.15, -0.1) is 0 Å². The molecule has 0 fully saturated rings. The van der Waals surface area contributed by atoms with Crippen LogP contribution in [0.4, 0.5) is 5.13 Å². The summed E-state index contributed by atoms with van der Waals surface area (Å²) in [6, 6.07) is 8.69. The molecular weight excluding hydrogens is 407 g/mol. The summed E-state index contributed by atoms with van der Waals surface area (Å²) >= 11 is 13.8. The van der Waals surface area contributed by atoms with Gasteiger partial charge in [-0.3, -0.25) is 10.1 Å². The van der Waals surface area contributed by atoms with Gasteiger partial charge < -0.3 is 9.47 Å². The molecule has 2 aromatic carbocycles. The van der Waals surface area contributed by atoms with E-state index >= 15 is 0 Å². The number of carbonyl (C=O) groups excluding carboxylic acids is 1. The van der Waals surface area contributed by atoms with Crippen molar-refractivity contribution in [3.63, 3.8) is 0 Å². The van der Waals surface area contributed by atoms with E-state index in [-0.39, 0.29) is 5.91 Å². The van der Waals surface area contributed by atoms with E-state index in [0.717, 1.165) is 22.4 Å². The van der Waals surface area contributed by atoms with Crippen LogP contribution >= 0.6 is 34.5 Å². The quantitative estimate of drug-likeness (QED) is 0.501. The molecular formula is C19H18Cl2N2O3S. The molecule has 1 N–H and O–H groups in total. The molecule has 142 valence electrons. The molecule has 3 aromatic rings. The zero-order valence-electron chi connectivity index (χ0n) is 14.8. The summed E-state index contributed by atoms with van der Waals surface area (Å²) in [6.07, 6.45) is 0.831. The van der Waals surface area contributed by atoms with Crippen LogP contribution in [0.3, 0.4) is 0 Å². The number of carbonyl (C=O) groups is 1. The third kappa shape index (κ3) is 4.64. The molecule has 0 spiro atoms. The van der Waals surface area contributed by atoms with Crippen molar-refractivity contribution in [1.29, 1.82) is 0 Å². The maximum atomic E-state index is 12.6. The SMILES string of the molecule is CCCOc1c(Cl)cc(C(=O)Nc2nc3ccc(OCC)cc3s2)cc1Cl. The second-order valence-electron chi connectivity index (χ2n) is 5.65. The van der Waals surface area contributed by atoms with Crippen molar-refractivity contribution in [1.82, 2.24) is 4.98 Å². The van der Waals surface area contributed by atoms with Crippen molar-refractivity contribution in [3.8, 4) is 11.5 Å². The first-order chi connectivity index (χ1) is 13.0. The van der Waals surface area contributed by atoms with Crippen LogP contribution < -0.4 is 14.8 Å². The van der Waals surface area contributed by atoms with Crippen molar-refractivity contribution in [2.75, 3.05) is 18.5 Å². The fourth-order valence-corrected chi connectivity index (χ4v) is 3.90. The smallest absolute Gasteiger partial charge is 0.257 e. The highest BCUT2D eigenvalue weighted by Gasteiger charge is 2.16. The van der Waals surface area contributed by atoms with E-state index < -0.39 is 0 Å². The third-order valence-electron chi connectivity index (χ3n) is 3.60. The number of halogens is 2. The van der Waals surface area contributed by atoms with Gasteiger partial charge >= 0.3 is 0 Å². The molecule has 0 saturated heterocycles. The number of anilines is 1. The minimum atomic E-state index is -0.343. The molecule has 0 aliphatic carbocycles. The maximum Gasteiger partial charge on any atom is 0.257 e. The van der Waals surface area contributed by atoms with Gasteiger partial charge in [0.1, 0.15) is 5.75 Å². The molecule has 0 aliphatic heterocycles. The van der Waals surface area contributed by atoms with Gasteiger partial charge in [0.05, 0.1) is 33.5 Å². The van der Waals surface area contributed by atoms with Crippen LogP contribution in [0.15, 0.2) is 30.3 Å². The summed E-state index contributed by atoms with van der Waals surface area (Å²) in [5, 5.41) is 3.87. The number of aromatic nitrogens is 1. The molecule has 8 heteroatoms. The predicted octanol–water partition coefficient (Wildman–Crippen LogP) is 6.04. The number of rotatable bonds is 7. The van der Waals surface area contributed by atoms with Gasteiger partial charge in [0, 0.05) is 5.56 Å². The summed E-state index contributed by atoms with van der Waals surface area (Å²) in [5.74, 6) is 0.817. The molecule has 5 nitrogen and oxygen atoms in total. The highest BCUT2D eigenvalue weighted by atomic mass is 35.5. The van der Waals surface area contributed by atoms with Gasteiger partial charge in [0.2, 0.25) is 0 Å². The third-order valence-corrected chi connectivity index (χ3v) is 5.10. The van der Waals surface area contributed by atoms with Gasteiger partial charge in [-0.1, -0.05) is 41.5 Å². The summed E-state index contributed by atoms with van der Waals surface area (Å²) < 4.78 is 11.9. The number of nitrogens with zero attached hydrogens (tertiary/aromatic N) is 1. The van der Waals surface area contributed by atoms with E-state index in [9.17, 15) is 4.79 Å². The topological polar surface area (TPSA) is 60.5 Å². The van der Waals surface area contributed by atoms with E-state index in [1.807, 2.05) is 32.0 Å². The van der Waals surface area contributed by atoms with Gasteiger partial charge in [-0.25, -0.2) is 4.98 Å². The number of hydrogen-bond acceptors (Lipinski definition) is 5. The van der Waals surface area contributed by atoms with Crippen LogP contribution in [-0.4, -0.2) is 24.1 Å². The first-order valence-electron chi connectivity index (χ1n) is 8.48. The summed E-state index contributed by atoms with van der Waals surface area (Å²) in [4.78, 5) is 17.0. The maximum absolute atomic E-state index is 12.6. The normalized spacial score (nSPS) is 10.8. The highest BCUT2D eigenvalue weighted by Crippen LogP contribution is 2.35. The zero-order valence-corrected chi connectivity index (χ0v) is 17.2. The highest BCUT2D eigenvalue weighted by molar-refractivity contribution is 7.22. The fourth-order valence-electron chi connectivity index (χ4n) is 2.42. The first-order valence-corrected chi connectivity index (χ1v) is 10.1. The monoisotopic (exact) mass is 424 g/mol. The first kappa shape index (κ1) is 19.7. The Hall–Kier alpha value is -2.02. The largest absolute Gasteiger partial charge is 0.494 e. The van der Waals surface area contributed by atoms with Crippen molar-refractivity contribution >= 4 is 55.8 Å². The van der Waals surface area contributed by atoms with Crippen LogP contribution in [-0.2, 0) is 0 Å². The van der Waals surface area contributed by atoms with Crippen molar-refractivity contribution in [2.45, 2.75) is 20.3 Å². The lowest BCUT2D eigenvalue weighted by atomic mass is 10.2. The molecule has 0 bridgehead atoms. The number of hydrogen-bond donors (Lipinski definition) is 1. The Morgan fingerprint density at radius 2 is 1.89 bits per heavy atom. The van der Waals surface area contributed by atoms with Crippen molar-refractivity contribution in [3.05, 3.63) is 45.9 Å². The number of amides is 1. The average molecular weight is 425 g/mol. The van der Waals surface area contributed by atoms with E-state index in [0.29, 0.717) is 39.7 Å². The average Bonchev–Trinajstić information content (AvgIpc) is 3.02. The molecule has 1 amide bonds. The molecule has 1 aromatic heterocycles. The lowest BCUT2D eigenvalue weighted by molar-refractivity contribution is 0.102. The van der Waals surface area contributed by atoms with Crippen LogP contribution in [0, 0.1) is 0 Å². The number of thiazole rings is 1. The molecule has 3 rings (SSSR count). The Kier molecular flexibility index (Phi) is 6.42. The lowest BCUT2D eigenvalue weighted by Crippen LogP contribution is -2.12. The van der Waals surface area contributed by atoms with E-state index in [4.69, 9.17) is 32.7 Å². The molecule has 0 unspecified atom stereocenters. The molecule has 0 saturated carbocycles. The lowest BCUT2D eigenvalue weighted by Gasteiger charge is -2.10. The summed E-state index contributed by atoms with van der Waals surface area (Å²) in [6.45, 7) is 5.00. The van der Waals surface area contributed by atoms with Crippen LogP contribution in [0.25, 0.3) is 10.2 Å². The number of fused-ring (bicyclic) bond motifs is 1. The van der Waals surface area contributed by atoms with Crippen LogP contribution in [0.1, 0.15) is 30.6 Å². The summed E-state index contributed by atoms with van der Waals surface area (Å²) in [5.41, 5.74) is 1.13. The van der Waals surface area contributed by atoms with E-state index in [2.05, 4.69) is 10.3 Å². The summed E-state index contributed by atoms with van der Waals surface area (Å²) in [7, 11) is 0. The number of nitrogens with one attached hydrogen (secondary N) is 1. The van der Waals surface area contributed by atoms with Gasteiger partial charge in [-0.05, 0) is 43.7 Å². The van der Waals surface area contributed by atoms with Crippen LogP contribution in [0.2, 0.25) is 10.0 Å². The van der Waals surface area contributed by atoms with Crippen molar-refractivity contribution in [2.24, 2.45) is 0 Å². The fraction of sp³-hybridized carbons (Fsp3) is 0.263. The Morgan fingerprint density at radius 3 is 2.56 bits per heavy atom. The standard InChI is InChI=1S/C19H18Cl2N2O3S/c1-3-7-26-17-13(20)8-11(9-14(17)21)18(24)23-19-22-15-6-5-12(25-4-2)10-16(15)27-19/h5-6,8-10H,3-4,7H2,1-2H3,(H,22,23,24). The molecule has 27 heavy (non-hydrogen) atoms. The van der Waals surface area contributed by atoms with Crippen molar-refractivity contribution < 1.29 is 14.3 Å². The number of benzene rings is 2. The number of ether oxygens (including phenoxy) is 2. The van der Waals surface area contributed by atoms with Crippen LogP contribution in [0.5, 0.6) is 11.5 Å². The second-order valence-corrected chi connectivity index (χ2v) is 7.50. The Bertz CT molecular complexity index is 952. The Morgan fingerprint density at radius 1 is 1.15 bits per heavy atom. The second kappa shape index (κ2) is 8.78. The molecule has 0 aliphatic rings. The zero-order chi connectivity index (χ0) is 19.4. The minimum Gasteiger partial charge on any atom is -0.494 e. The minimum absolute atomic E-state index is 0.298. The van der Waals surface area contributed by atoms with Gasteiger partial charge in [0.15, 0.2) is 10.9 Å².